The van der Waals surface area contributed by atoms with Gasteiger partial charge in [0.1, 0.15) is 0 Å². The van der Waals surface area contributed by atoms with E-state index in [2.05, 4.69) is 29.9 Å². The van der Waals surface area contributed by atoms with Crippen molar-refractivity contribution in [2.24, 2.45) is 5.92 Å². The number of hydrogen-bond donors (Lipinski definition) is 1. The van der Waals surface area contributed by atoms with Crippen LogP contribution in [0.15, 0.2) is 17.5 Å². The molecular weight excluding hydrogens is 178 g/mol. The molecule has 1 aliphatic rings. The Kier molecular flexibility index (Phi) is 3.01. The Bertz CT molecular complexity index is 237. The van der Waals surface area contributed by atoms with Gasteiger partial charge in [0.25, 0.3) is 0 Å². The topological polar surface area (TPSA) is 12.0 Å². The van der Waals surface area contributed by atoms with Gasteiger partial charge in [0, 0.05) is 10.9 Å². The molecule has 0 aliphatic heterocycles. The average Bonchev–Trinajstić information content (AvgIpc) is 2.76. The molecule has 1 aliphatic carbocycles. The van der Waals surface area contributed by atoms with Crippen LogP contribution in [-0.2, 0) is 0 Å². The van der Waals surface area contributed by atoms with Crippen LogP contribution < -0.4 is 5.32 Å². The van der Waals surface area contributed by atoms with E-state index in [-0.39, 0.29) is 0 Å². The largest absolute Gasteiger partial charge is 0.312 e. The van der Waals surface area contributed by atoms with E-state index in [1.165, 1.54) is 30.6 Å². The minimum atomic E-state index is 0.613. The Morgan fingerprint density at radius 2 is 2.23 bits per heavy atom. The minimum Gasteiger partial charge on any atom is -0.312 e. The second-order valence-corrected chi connectivity index (χ2v) is 4.81. The smallest absolute Gasteiger partial charge is 0.0440 e. The quantitative estimate of drug-likeness (QED) is 0.781. The highest BCUT2D eigenvalue weighted by Crippen LogP contribution is 2.36. The first kappa shape index (κ1) is 9.22. The number of rotatable bonds is 3. The van der Waals surface area contributed by atoms with Gasteiger partial charge in [-0.15, -0.1) is 11.3 Å². The van der Waals surface area contributed by atoms with Crippen molar-refractivity contribution >= 4 is 11.3 Å². The molecule has 13 heavy (non-hydrogen) atoms. The monoisotopic (exact) mass is 195 g/mol. The van der Waals surface area contributed by atoms with Gasteiger partial charge in [-0.05, 0) is 37.3 Å². The van der Waals surface area contributed by atoms with Gasteiger partial charge in [-0.2, -0.15) is 0 Å². The van der Waals surface area contributed by atoms with Crippen molar-refractivity contribution in [3.63, 3.8) is 0 Å². The molecule has 0 saturated heterocycles. The molecule has 1 saturated carbocycles. The van der Waals surface area contributed by atoms with E-state index in [0.29, 0.717) is 6.04 Å². The zero-order chi connectivity index (χ0) is 9.10. The van der Waals surface area contributed by atoms with Crippen molar-refractivity contribution in [3.05, 3.63) is 22.4 Å². The normalized spacial score (nSPS) is 20.7. The third-order valence-corrected chi connectivity index (χ3v) is 3.99. The Morgan fingerprint density at radius 1 is 1.46 bits per heavy atom. The Balaban J connectivity index is 2.08. The minimum absolute atomic E-state index is 0.613. The lowest BCUT2D eigenvalue weighted by Gasteiger charge is -2.21. The van der Waals surface area contributed by atoms with Gasteiger partial charge in [-0.25, -0.2) is 0 Å². The van der Waals surface area contributed by atoms with Gasteiger partial charge in [-0.3, -0.25) is 0 Å². The predicted molar refractivity (Wildman–Crippen MR) is 58.1 cm³/mol. The molecule has 0 spiro atoms. The van der Waals surface area contributed by atoms with Crippen LogP contribution in [0.3, 0.4) is 0 Å². The third kappa shape index (κ3) is 1.94. The lowest BCUT2D eigenvalue weighted by molar-refractivity contribution is 0.395. The van der Waals surface area contributed by atoms with Crippen molar-refractivity contribution in [2.45, 2.75) is 31.7 Å². The van der Waals surface area contributed by atoms with Gasteiger partial charge in [0.2, 0.25) is 0 Å². The zero-order valence-electron chi connectivity index (χ0n) is 8.12. The molecule has 1 fully saturated rings. The Hall–Kier alpha value is -0.340. The first-order valence-electron chi connectivity index (χ1n) is 5.12. The fraction of sp³-hybridized carbons (Fsp3) is 0.636. The molecule has 1 nitrogen and oxygen atoms in total. The molecule has 1 unspecified atom stereocenters. The van der Waals surface area contributed by atoms with E-state index in [0.717, 1.165) is 5.92 Å². The number of nitrogens with one attached hydrogen (secondary N) is 1. The maximum absolute atomic E-state index is 3.46. The van der Waals surface area contributed by atoms with Crippen LogP contribution in [0.1, 0.15) is 36.6 Å². The highest BCUT2D eigenvalue weighted by Gasteiger charge is 2.25. The maximum atomic E-state index is 3.46. The van der Waals surface area contributed by atoms with Crippen LogP contribution in [0.4, 0.5) is 0 Å². The highest BCUT2D eigenvalue weighted by atomic mass is 32.1. The van der Waals surface area contributed by atoms with Crippen LogP contribution in [0.25, 0.3) is 0 Å². The van der Waals surface area contributed by atoms with Crippen LogP contribution in [0, 0.1) is 5.92 Å². The standard InChI is InChI=1S/C11H17NS/c1-12-11(9-5-2-3-6-9)10-7-4-8-13-10/h4,7-9,11-12H,2-3,5-6H2,1H3. The van der Waals surface area contributed by atoms with E-state index in [9.17, 15) is 0 Å². The van der Waals surface area contributed by atoms with Crippen molar-refractivity contribution in [1.29, 1.82) is 0 Å². The van der Waals surface area contributed by atoms with Crippen LogP contribution in [0.2, 0.25) is 0 Å². The molecule has 0 aromatic carbocycles. The van der Waals surface area contributed by atoms with E-state index in [1.807, 2.05) is 11.3 Å². The summed E-state index contributed by atoms with van der Waals surface area (Å²) in [5.41, 5.74) is 0. The summed E-state index contributed by atoms with van der Waals surface area (Å²) >= 11 is 1.88. The first-order chi connectivity index (χ1) is 6.42. The van der Waals surface area contributed by atoms with Gasteiger partial charge in [0.05, 0.1) is 0 Å². The molecule has 2 rings (SSSR count). The zero-order valence-corrected chi connectivity index (χ0v) is 8.94. The average molecular weight is 195 g/mol. The van der Waals surface area contributed by atoms with Crippen LogP contribution >= 0.6 is 11.3 Å². The second kappa shape index (κ2) is 4.25. The first-order valence-corrected chi connectivity index (χ1v) is 6.00. The van der Waals surface area contributed by atoms with Gasteiger partial charge in [0.15, 0.2) is 0 Å². The summed E-state index contributed by atoms with van der Waals surface area (Å²) < 4.78 is 0. The molecule has 1 atom stereocenters. The van der Waals surface area contributed by atoms with Crippen LogP contribution in [-0.4, -0.2) is 7.05 Å². The van der Waals surface area contributed by atoms with Gasteiger partial charge in [-0.1, -0.05) is 18.9 Å². The fourth-order valence-corrected chi connectivity index (χ4v) is 3.30. The fourth-order valence-electron chi connectivity index (χ4n) is 2.37. The third-order valence-electron chi connectivity index (χ3n) is 3.03. The highest BCUT2D eigenvalue weighted by molar-refractivity contribution is 7.10. The molecular formula is C11H17NS. The molecule has 1 N–H and O–H groups in total. The summed E-state index contributed by atoms with van der Waals surface area (Å²) in [5, 5.41) is 5.63. The summed E-state index contributed by atoms with van der Waals surface area (Å²) in [4.78, 5) is 1.51. The molecule has 0 radical (unpaired) electrons. The van der Waals surface area contributed by atoms with Gasteiger partial charge < -0.3 is 5.32 Å². The summed E-state index contributed by atoms with van der Waals surface area (Å²) in [6, 6.07) is 5.02. The van der Waals surface area contributed by atoms with Crippen molar-refractivity contribution in [2.75, 3.05) is 7.05 Å². The maximum Gasteiger partial charge on any atom is 0.0440 e. The molecule has 0 bridgehead atoms. The Morgan fingerprint density at radius 3 is 2.77 bits per heavy atom. The summed E-state index contributed by atoms with van der Waals surface area (Å²) in [5.74, 6) is 0.878. The second-order valence-electron chi connectivity index (χ2n) is 3.83. The predicted octanol–water partition coefficient (Wildman–Crippen LogP) is 3.20. The number of hydrogen-bond acceptors (Lipinski definition) is 2. The SMILES string of the molecule is CNC(c1cccs1)C1CCCC1. The molecule has 2 heteroatoms. The van der Waals surface area contributed by atoms with E-state index < -0.39 is 0 Å². The summed E-state index contributed by atoms with van der Waals surface area (Å²) in [7, 11) is 2.09. The van der Waals surface area contributed by atoms with Crippen molar-refractivity contribution in [1.82, 2.24) is 5.32 Å². The van der Waals surface area contributed by atoms with E-state index in [4.69, 9.17) is 0 Å². The Labute approximate surface area is 84.2 Å². The van der Waals surface area contributed by atoms with E-state index in [1.54, 1.807) is 0 Å². The van der Waals surface area contributed by atoms with Gasteiger partial charge >= 0.3 is 0 Å². The molecule has 0 amide bonds. The lowest BCUT2D eigenvalue weighted by Crippen LogP contribution is -2.22. The van der Waals surface area contributed by atoms with Crippen molar-refractivity contribution in [3.8, 4) is 0 Å². The molecule has 72 valence electrons. The lowest BCUT2D eigenvalue weighted by atomic mass is 9.97. The summed E-state index contributed by atoms with van der Waals surface area (Å²) in [6.45, 7) is 0. The summed E-state index contributed by atoms with van der Waals surface area (Å²) in [6.07, 6.45) is 5.66. The molecule has 1 aromatic heterocycles. The molecule has 1 heterocycles. The number of thiophene rings is 1. The van der Waals surface area contributed by atoms with E-state index >= 15 is 0 Å². The van der Waals surface area contributed by atoms with Crippen LogP contribution in [0.5, 0.6) is 0 Å². The molecule has 1 aromatic rings. The van der Waals surface area contributed by atoms with Crippen molar-refractivity contribution < 1.29 is 0 Å².